The minimum absolute atomic E-state index is 0.0753. The molecule has 10 heteroatoms. The van der Waals surface area contributed by atoms with Gasteiger partial charge < -0.3 is 21.1 Å². The van der Waals surface area contributed by atoms with Crippen molar-refractivity contribution in [1.29, 1.82) is 0 Å². The topological polar surface area (TPSA) is 118 Å². The molecule has 0 bridgehead atoms. The zero-order valence-corrected chi connectivity index (χ0v) is 17.3. The first kappa shape index (κ1) is 21.3. The van der Waals surface area contributed by atoms with Gasteiger partial charge >= 0.3 is 0 Å². The summed E-state index contributed by atoms with van der Waals surface area (Å²) in [5.74, 6) is 1.22. The Morgan fingerprint density at radius 1 is 1.10 bits per heavy atom. The van der Waals surface area contributed by atoms with Gasteiger partial charge in [-0.3, -0.25) is 9.69 Å². The Kier molecular flexibility index (Phi) is 6.99. The molecule has 0 unspecified atom stereocenters. The number of methoxy groups -OCH3 is 1. The molecule has 9 nitrogen and oxygen atoms in total. The number of likely N-dealkylation sites (N-methyl/N-ethyl adjacent to an activating group) is 1. The third kappa shape index (κ3) is 5.79. The quantitative estimate of drug-likeness (QED) is 0.502. The third-order valence-corrected chi connectivity index (χ3v) is 4.35. The molecule has 0 aliphatic carbocycles. The number of carbonyl (C=O) groups is 1. The number of ether oxygens (including phenoxy) is 1. The largest absolute Gasteiger partial charge is 0.495 e. The van der Waals surface area contributed by atoms with Gasteiger partial charge in [-0.1, -0.05) is 35.9 Å². The Hall–Kier alpha value is -3.43. The minimum Gasteiger partial charge on any atom is -0.495 e. The van der Waals surface area contributed by atoms with Crippen molar-refractivity contribution in [3.8, 4) is 5.75 Å². The smallest absolute Gasteiger partial charge is 0.238 e. The van der Waals surface area contributed by atoms with Gasteiger partial charge in [0, 0.05) is 0 Å². The summed E-state index contributed by atoms with van der Waals surface area (Å²) in [6.45, 7) is 0.412. The van der Waals surface area contributed by atoms with Crippen LogP contribution in [0.4, 0.5) is 23.3 Å². The number of nitrogens with zero attached hydrogens (tertiary/aromatic N) is 4. The van der Waals surface area contributed by atoms with E-state index < -0.39 is 0 Å². The number of amides is 1. The van der Waals surface area contributed by atoms with Crippen molar-refractivity contribution in [3.63, 3.8) is 0 Å². The molecule has 3 rings (SSSR count). The van der Waals surface area contributed by atoms with Gasteiger partial charge in [-0.25, -0.2) is 0 Å². The van der Waals surface area contributed by atoms with Gasteiger partial charge in [0.15, 0.2) is 0 Å². The summed E-state index contributed by atoms with van der Waals surface area (Å²) in [7, 11) is 3.36. The molecular formula is C20H22ClN7O2. The predicted octanol–water partition coefficient (Wildman–Crippen LogP) is 2.93. The van der Waals surface area contributed by atoms with Crippen LogP contribution in [0.3, 0.4) is 0 Å². The highest BCUT2D eigenvalue weighted by Gasteiger charge is 2.13. The molecule has 30 heavy (non-hydrogen) atoms. The monoisotopic (exact) mass is 427 g/mol. The number of hydrogen-bond acceptors (Lipinski definition) is 8. The maximum absolute atomic E-state index is 12.3. The van der Waals surface area contributed by atoms with E-state index in [-0.39, 0.29) is 24.3 Å². The van der Waals surface area contributed by atoms with Crippen LogP contribution in [0.2, 0.25) is 5.02 Å². The SMILES string of the molecule is COc1ccccc1Nc1nc(N)nc(CN(C)CC(=O)Nc2ccccc2Cl)n1. The maximum Gasteiger partial charge on any atom is 0.238 e. The number of carbonyl (C=O) groups excluding carboxylic acids is 1. The Labute approximate surface area is 179 Å². The summed E-state index contributed by atoms with van der Waals surface area (Å²) < 4.78 is 5.32. The highest BCUT2D eigenvalue weighted by atomic mass is 35.5. The zero-order valence-electron chi connectivity index (χ0n) is 16.6. The van der Waals surface area contributed by atoms with Gasteiger partial charge in [-0.2, -0.15) is 15.0 Å². The molecule has 0 saturated heterocycles. The number of anilines is 4. The second-order valence-electron chi connectivity index (χ2n) is 6.46. The Balaban J connectivity index is 1.64. The molecule has 0 radical (unpaired) electrons. The fourth-order valence-corrected chi connectivity index (χ4v) is 2.91. The second-order valence-corrected chi connectivity index (χ2v) is 6.87. The Bertz CT molecular complexity index is 1030. The lowest BCUT2D eigenvalue weighted by Gasteiger charge is -2.16. The van der Waals surface area contributed by atoms with Crippen LogP contribution in [0.25, 0.3) is 0 Å². The van der Waals surface area contributed by atoms with Gasteiger partial charge in [-0.15, -0.1) is 0 Å². The van der Waals surface area contributed by atoms with Crippen LogP contribution in [-0.4, -0.2) is 46.5 Å². The maximum atomic E-state index is 12.3. The number of rotatable bonds is 8. The standard InChI is InChI=1S/C20H22ClN7O2/c1-28(12-18(29)23-14-8-4-3-7-13(14)21)11-17-25-19(22)27-20(26-17)24-15-9-5-6-10-16(15)30-2/h3-10H,11-12H2,1-2H3,(H,23,29)(H3,22,24,25,26,27). The van der Waals surface area contributed by atoms with Crippen LogP contribution in [0.5, 0.6) is 5.75 Å². The van der Waals surface area contributed by atoms with Crippen molar-refractivity contribution in [2.45, 2.75) is 6.54 Å². The van der Waals surface area contributed by atoms with E-state index in [4.69, 9.17) is 22.1 Å². The average molecular weight is 428 g/mol. The van der Waals surface area contributed by atoms with E-state index in [0.29, 0.717) is 34.5 Å². The van der Waals surface area contributed by atoms with Crippen molar-refractivity contribution in [1.82, 2.24) is 19.9 Å². The van der Waals surface area contributed by atoms with Gasteiger partial charge in [0.25, 0.3) is 0 Å². The van der Waals surface area contributed by atoms with Crippen molar-refractivity contribution in [2.75, 3.05) is 37.1 Å². The van der Waals surface area contributed by atoms with Crippen LogP contribution >= 0.6 is 11.6 Å². The zero-order chi connectivity index (χ0) is 21.5. The summed E-state index contributed by atoms with van der Waals surface area (Å²) in [5.41, 5.74) is 7.09. The third-order valence-electron chi connectivity index (χ3n) is 4.03. The molecule has 0 saturated carbocycles. The molecule has 156 valence electrons. The number of hydrogen-bond donors (Lipinski definition) is 3. The van der Waals surface area contributed by atoms with E-state index in [0.717, 1.165) is 0 Å². The van der Waals surface area contributed by atoms with Crippen LogP contribution in [0.1, 0.15) is 5.82 Å². The average Bonchev–Trinajstić information content (AvgIpc) is 2.69. The lowest BCUT2D eigenvalue weighted by atomic mass is 10.3. The van der Waals surface area contributed by atoms with Crippen LogP contribution in [0, 0.1) is 0 Å². The fraction of sp³-hybridized carbons (Fsp3) is 0.200. The summed E-state index contributed by atoms with van der Waals surface area (Å²) in [6, 6.07) is 14.4. The number of halogens is 1. The van der Waals surface area contributed by atoms with Crippen molar-refractivity contribution >= 4 is 40.8 Å². The summed E-state index contributed by atoms with van der Waals surface area (Å²) in [5, 5.41) is 6.33. The van der Waals surface area contributed by atoms with E-state index in [2.05, 4.69) is 25.6 Å². The molecular weight excluding hydrogens is 406 g/mol. The normalized spacial score (nSPS) is 10.7. The highest BCUT2D eigenvalue weighted by Crippen LogP contribution is 2.25. The Morgan fingerprint density at radius 2 is 1.80 bits per heavy atom. The molecule has 4 N–H and O–H groups in total. The summed E-state index contributed by atoms with van der Waals surface area (Å²) in [6.07, 6.45) is 0. The van der Waals surface area contributed by atoms with E-state index in [1.165, 1.54) is 0 Å². The van der Waals surface area contributed by atoms with Crippen molar-refractivity contribution in [2.24, 2.45) is 0 Å². The number of benzene rings is 2. The first-order valence-corrected chi connectivity index (χ1v) is 9.46. The molecule has 3 aromatic rings. The number of nitrogens with two attached hydrogens (primary N) is 1. The first-order chi connectivity index (χ1) is 14.4. The van der Waals surface area contributed by atoms with Crippen LogP contribution in [-0.2, 0) is 11.3 Å². The molecule has 0 aliphatic rings. The van der Waals surface area contributed by atoms with Crippen molar-refractivity contribution < 1.29 is 9.53 Å². The number of para-hydroxylation sites is 3. The predicted molar refractivity (Wildman–Crippen MR) is 117 cm³/mol. The van der Waals surface area contributed by atoms with E-state index >= 15 is 0 Å². The molecule has 0 aliphatic heterocycles. The molecule has 1 heterocycles. The van der Waals surface area contributed by atoms with Gasteiger partial charge in [0.05, 0.1) is 36.6 Å². The highest BCUT2D eigenvalue weighted by molar-refractivity contribution is 6.33. The molecule has 1 amide bonds. The number of nitrogens with one attached hydrogen (secondary N) is 2. The van der Waals surface area contributed by atoms with E-state index in [9.17, 15) is 4.79 Å². The molecule has 0 fully saturated rings. The number of aromatic nitrogens is 3. The first-order valence-electron chi connectivity index (χ1n) is 9.08. The van der Waals surface area contributed by atoms with Crippen LogP contribution < -0.4 is 21.1 Å². The number of nitrogen functional groups attached to an aromatic ring is 1. The van der Waals surface area contributed by atoms with Crippen LogP contribution in [0.15, 0.2) is 48.5 Å². The second kappa shape index (κ2) is 9.86. The molecule has 1 aromatic heterocycles. The molecule has 2 aromatic carbocycles. The van der Waals surface area contributed by atoms with E-state index in [1.54, 1.807) is 43.3 Å². The lowest BCUT2D eigenvalue weighted by Crippen LogP contribution is -2.30. The summed E-state index contributed by atoms with van der Waals surface area (Å²) in [4.78, 5) is 26.7. The molecule has 0 atom stereocenters. The van der Waals surface area contributed by atoms with Gasteiger partial charge in [-0.05, 0) is 31.3 Å². The van der Waals surface area contributed by atoms with Crippen molar-refractivity contribution in [3.05, 3.63) is 59.4 Å². The van der Waals surface area contributed by atoms with E-state index in [1.807, 2.05) is 24.3 Å². The minimum atomic E-state index is -0.208. The van der Waals surface area contributed by atoms with Gasteiger partial charge in [0.1, 0.15) is 11.6 Å². The lowest BCUT2D eigenvalue weighted by molar-refractivity contribution is -0.117. The Morgan fingerprint density at radius 3 is 2.53 bits per heavy atom. The molecule has 0 spiro atoms. The fourth-order valence-electron chi connectivity index (χ4n) is 2.73. The summed E-state index contributed by atoms with van der Waals surface area (Å²) >= 11 is 6.07. The van der Waals surface area contributed by atoms with Gasteiger partial charge in [0.2, 0.25) is 17.8 Å².